The summed E-state index contributed by atoms with van der Waals surface area (Å²) in [5.41, 5.74) is 3.02. The number of carbonyl (C=O) groups excluding carboxylic acids is 1. The van der Waals surface area contributed by atoms with Crippen LogP contribution in [0.3, 0.4) is 0 Å². The van der Waals surface area contributed by atoms with Crippen molar-refractivity contribution in [3.63, 3.8) is 0 Å². The van der Waals surface area contributed by atoms with Crippen molar-refractivity contribution in [2.24, 2.45) is 0 Å². The van der Waals surface area contributed by atoms with Crippen LogP contribution in [0, 0.1) is 3.57 Å². The second-order valence-corrected chi connectivity index (χ2v) is 7.97. The Bertz CT molecular complexity index is 1050. The quantitative estimate of drug-likeness (QED) is 0.379. The third-order valence-corrected chi connectivity index (χ3v) is 5.35. The number of hydrogen-bond acceptors (Lipinski definition) is 3. The minimum Gasteiger partial charge on any atom is -0.322 e. The lowest BCUT2D eigenvalue weighted by Gasteiger charge is -2.12. The molecule has 0 unspecified atom stereocenters. The average Bonchev–Trinajstić information content (AvgIpc) is 2.69. The third-order valence-electron chi connectivity index (χ3n) is 4.10. The Balaban J connectivity index is 1.72. The number of halogens is 5. The van der Waals surface area contributed by atoms with Crippen LogP contribution in [-0.2, 0) is 6.54 Å². The second kappa shape index (κ2) is 9.76. The summed E-state index contributed by atoms with van der Waals surface area (Å²) in [6, 6.07) is 15.6. The summed E-state index contributed by atoms with van der Waals surface area (Å²) in [6.07, 6.45) is -2.59. The van der Waals surface area contributed by atoms with Gasteiger partial charge >= 0.3 is 6.18 Å². The van der Waals surface area contributed by atoms with Crippen LogP contribution in [0.15, 0.2) is 60.8 Å². The molecule has 3 aromatic rings. The van der Waals surface area contributed by atoms with Crippen LogP contribution in [-0.4, -0.2) is 23.6 Å². The maximum absolute atomic E-state index is 12.6. The Morgan fingerprint density at radius 3 is 2.57 bits per heavy atom. The Kier molecular flexibility index (Phi) is 7.32. The Morgan fingerprint density at radius 2 is 1.90 bits per heavy atom. The van der Waals surface area contributed by atoms with Crippen LogP contribution in [0.2, 0.25) is 5.02 Å². The smallest absolute Gasteiger partial charge is 0.322 e. The van der Waals surface area contributed by atoms with Gasteiger partial charge in [0.05, 0.1) is 22.8 Å². The van der Waals surface area contributed by atoms with Crippen molar-refractivity contribution in [3.8, 4) is 11.3 Å². The van der Waals surface area contributed by atoms with Gasteiger partial charge < -0.3 is 10.6 Å². The summed E-state index contributed by atoms with van der Waals surface area (Å²) >= 11 is 8.39. The number of alkyl halides is 3. The standard InChI is InChI=1S/C21H16ClF3IN3O/c22-17-9-13(11-27-12-21(23,24)25)4-6-15(17)20(30)29-14-5-7-18(26)16(10-14)19-3-1-2-8-28-19/h1-10,27H,11-12H2,(H,29,30). The first kappa shape index (κ1) is 22.5. The van der Waals surface area contributed by atoms with Gasteiger partial charge in [-0.3, -0.25) is 9.78 Å². The van der Waals surface area contributed by atoms with E-state index in [-0.39, 0.29) is 17.1 Å². The number of amides is 1. The lowest BCUT2D eigenvalue weighted by Crippen LogP contribution is -2.28. The summed E-state index contributed by atoms with van der Waals surface area (Å²) < 4.78 is 37.7. The van der Waals surface area contributed by atoms with E-state index in [1.807, 2.05) is 30.3 Å². The van der Waals surface area contributed by atoms with E-state index in [1.165, 1.54) is 12.1 Å². The molecule has 0 radical (unpaired) electrons. The molecule has 156 valence electrons. The van der Waals surface area contributed by atoms with Crippen LogP contribution < -0.4 is 10.6 Å². The van der Waals surface area contributed by atoms with E-state index in [0.717, 1.165) is 14.8 Å². The number of pyridine rings is 1. The van der Waals surface area contributed by atoms with Crippen LogP contribution in [0.4, 0.5) is 18.9 Å². The number of carbonyl (C=O) groups is 1. The van der Waals surface area contributed by atoms with Crippen molar-refractivity contribution in [2.75, 3.05) is 11.9 Å². The minimum absolute atomic E-state index is 0.00825. The number of anilines is 1. The van der Waals surface area contributed by atoms with Crippen molar-refractivity contribution in [2.45, 2.75) is 12.7 Å². The molecule has 2 N–H and O–H groups in total. The molecular weight excluding hydrogens is 530 g/mol. The molecule has 0 bridgehead atoms. The van der Waals surface area contributed by atoms with Crippen molar-refractivity contribution in [1.29, 1.82) is 0 Å². The van der Waals surface area contributed by atoms with E-state index in [4.69, 9.17) is 11.6 Å². The molecule has 9 heteroatoms. The van der Waals surface area contributed by atoms with Gasteiger partial charge in [0.1, 0.15) is 0 Å². The average molecular weight is 546 g/mol. The van der Waals surface area contributed by atoms with Crippen molar-refractivity contribution < 1.29 is 18.0 Å². The lowest BCUT2D eigenvalue weighted by molar-refractivity contribution is -0.125. The number of aromatic nitrogens is 1. The highest BCUT2D eigenvalue weighted by Crippen LogP contribution is 2.27. The zero-order chi connectivity index (χ0) is 21.7. The SMILES string of the molecule is O=C(Nc1ccc(I)c(-c2ccccn2)c1)c1ccc(CNCC(F)(F)F)cc1Cl. The molecule has 30 heavy (non-hydrogen) atoms. The first-order chi connectivity index (χ1) is 14.2. The number of benzene rings is 2. The highest BCUT2D eigenvalue weighted by Gasteiger charge is 2.26. The van der Waals surface area contributed by atoms with E-state index in [9.17, 15) is 18.0 Å². The van der Waals surface area contributed by atoms with Crippen LogP contribution in [0.1, 0.15) is 15.9 Å². The van der Waals surface area contributed by atoms with Gasteiger partial charge in [-0.05, 0) is 70.6 Å². The molecular formula is C21H16ClF3IN3O. The summed E-state index contributed by atoms with van der Waals surface area (Å²) in [5.74, 6) is -0.414. The van der Waals surface area contributed by atoms with Crippen LogP contribution in [0.25, 0.3) is 11.3 Å². The van der Waals surface area contributed by atoms with Crippen LogP contribution in [0.5, 0.6) is 0 Å². The third kappa shape index (κ3) is 6.16. The van der Waals surface area contributed by atoms with Gasteiger partial charge in [0, 0.05) is 27.6 Å². The molecule has 3 rings (SSSR count). The molecule has 1 aromatic heterocycles. The fraction of sp³-hybridized carbons (Fsp3) is 0.143. The minimum atomic E-state index is -4.29. The first-order valence-corrected chi connectivity index (χ1v) is 10.3. The molecule has 0 aliphatic rings. The maximum atomic E-state index is 12.6. The van der Waals surface area contributed by atoms with Gasteiger partial charge in [-0.1, -0.05) is 23.7 Å². The van der Waals surface area contributed by atoms with E-state index < -0.39 is 18.6 Å². The topological polar surface area (TPSA) is 54.0 Å². The van der Waals surface area contributed by atoms with E-state index in [1.54, 1.807) is 18.3 Å². The highest BCUT2D eigenvalue weighted by atomic mass is 127. The first-order valence-electron chi connectivity index (χ1n) is 8.81. The number of nitrogens with zero attached hydrogens (tertiary/aromatic N) is 1. The number of hydrogen-bond donors (Lipinski definition) is 2. The molecule has 0 fully saturated rings. The molecule has 0 atom stereocenters. The fourth-order valence-electron chi connectivity index (χ4n) is 2.72. The second-order valence-electron chi connectivity index (χ2n) is 6.40. The van der Waals surface area contributed by atoms with Crippen LogP contribution >= 0.6 is 34.2 Å². The zero-order valence-corrected chi connectivity index (χ0v) is 18.3. The van der Waals surface area contributed by atoms with Crippen molar-refractivity contribution in [3.05, 3.63) is 80.5 Å². The number of rotatable bonds is 6. The van der Waals surface area contributed by atoms with Gasteiger partial charge in [0.25, 0.3) is 5.91 Å². The van der Waals surface area contributed by atoms with Crippen molar-refractivity contribution in [1.82, 2.24) is 10.3 Å². The van der Waals surface area contributed by atoms with E-state index in [2.05, 4.69) is 38.2 Å². The summed E-state index contributed by atoms with van der Waals surface area (Å²) in [7, 11) is 0. The van der Waals surface area contributed by atoms with E-state index >= 15 is 0 Å². The molecule has 0 saturated carbocycles. The predicted octanol–water partition coefficient (Wildman–Crippen LogP) is 5.91. The van der Waals surface area contributed by atoms with Gasteiger partial charge in [-0.25, -0.2) is 0 Å². The fourth-order valence-corrected chi connectivity index (χ4v) is 3.62. The Morgan fingerprint density at radius 1 is 1.10 bits per heavy atom. The monoisotopic (exact) mass is 545 g/mol. The van der Waals surface area contributed by atoms with Crippen molar-refractivity contribution >= 4 is 45.8 Å². The maximum Gasteiger partial charge on any atom is 0.401 e. The largest absolute Gasteiger partial charge is 0.401 e. The molecule has 0 aliphatic carbocycles. The normalized spacial score (nSPS) is 11.4. The number of nitrogens with one attached hydrogen (secondary N) is 2. The summed E-state index contributed by atoms with van der Waals surface area (Å²) in [5, 5.41) is 5.26. The molecule has 4 nitrogen and oxygen atoms in total. The summed E-state index contributed by atoms with van der Waals surface area (Å²) in [6.45, 7) is -1.11. The highest BCUT2D eigenvalue weighted by molar-refractivity contribution is 14.1. The predicted molar refractivity (Wildman–Crippen MR) is 120 cm³/mol. The van der Waals surface area contributed by atoms with Gasteiger partial charge in [-0.15, -0.1) is 0 Å². The Labute approximate surface area is 190 Å². The molecule has 1 heterocycles. The molecule has 0 aliphatic heterocycles. The van der Waals surface area contributed by atoms with E-state index in [0.29, 0.717) is 11.3 Å². The molecule has 1 amide bonds. The van der Waals surface area contributed by atoms with Gasteiger partial charge in [0.2, 0.25) is 0 Å². The zero-order valence-electron chi connectivity index (χ0n) is 15.4. The Hall–Kier alpha value is -2.17. The molecule has 0 spiro atoms. The summed E-state index contributed by atoms with van der Waals surface area (Å²) in [4.78, 5) is 17.0. The lowest BCUT2D eigenvalue weighted by atomic mass is 10.1. The molecule has 0 saturated heterocycles. The molecule has 2 aromatic carbocycles. The van der Waals surface area contributed by atoms with Gasteiger partial charge in [-0.2, -0.15) is 13.2 Å². The van der Waals surface area contributed by atoms with Gasteiger partial charge in [0.15, 0.2) is 0 Å².